The number of nitrogens with one attached hydrogen (secondary N) is 1. The smallest absolute Gasteiger partial charge is 0.327 e. The predicted molar refractivity (Wildman–Crippen MR) is 44.8 cm³/mol. The van der Waals surface area contributed by atoms with Gasteiger partial charge in [0, 0.05) is 35.7 Å². The number of carboxylic acids is 1. The Hall–Kier alpha value is 0.0562. The van der Waals surface area contributed by atoms with Crippen molar-refractivity contribution in [2.24, 2.45) is 0 Å². The van der Waals surface area contributed by atoms with Crippen molar-refractivity contribution in [3.8, 4) is 0 Å². The van der Waals surface area contributed by atoms with Crippen LogP contribution in [0.5, 0.6) is 0 Å². The molecule has 0 aromatic heterocycles. The molecule has 0 aliphatic rings. The first-order chi connectivity index (χ1) is 4.57. The molecule has 0 spiro atoms. The SMILES string of the molecule is CC(=O)N[C@@H](CS)C(=O)O.[Mg]. The molecule has 1 amide bonds. The molecular formula is C5H9MgNO3S. The fourth-order valence-corrected chi connectivity index (χ4v) is 0.678. The summed E-state index contributed by atoms with van der Waals surface area (Å²) in [7, 11) is 0. The first kappa shape index (κ1) is 13.6. The van der Waals surface area contributed by atoms with E-state index in [1.165, 1.54) is 6.92 Å². The van der Waals surface area contributed by atoms with E-state index in [4.69, 9.17) is 5.11 Å². The van der Waals surface area contributed by atoms with Crippen LogP contribution in [-0.2, 0) is 9.59 Å². The molecule has 1 atom stereocenters. The second kappa shape index (κ2) is 6.75. The van der Waals surface area contributed by atoms with E-state index in [1.54, 1.807) is 0 Å². The highest BCUT2D eigenvalue weighted by molar-refractivity contribution is 7.80. The maximum atomic E-state index is 10.3. The molecule has 0 heterocycles. The molecule has 0 aromatic carbocycles. The first-order valence-corrected chi connectivity index (χ1v) is 3.32. The van der Waals surface area contributed by atoms with Gasteiger partial charge in [0.25, 0.3) is 0 Å². The van der Waals surface area contributed by atoms with Crippen LogP contribution in [0.2, 0.25) is 0 Å². The van der Waals surface area contributed by atoms with Gasteiger partial charge in [-0.2, -0.15) is 12.6 Å². The summed E-state index contributed by atoms with van der Waals surface area (Å²) in [6.07, 6.45) is 0. The summed E-state index contributed by atoms with van der Waals surface area (Å²) in [5.41, 5.74) is 0. The quantitative estimate of drug-likeness (QED) is 0.397. The fraction of sp³-hybridized carbons (Fsp3) is 0.600. The van der Waals surface area contributed by atoms with E-state index >= 15 is 0 Å². The summed E-state index contributed by atoms with van der Waals surface area (Å²) in [5.74, 6) is -1.32. The van der Waals surface area contributed by atoms with Crippen LogP contribution in [-0.4, -0.2) is 51.8 Å². The second-order valence-corrected chi connectivity index (χ2v) is 2.14. The summed E-state index contributed by atoms with van der Waals surface area (Å²) >= 11 is 3.73. The first-order valence-electron chi connectivity index (χ1n) is 2.68. The molecule has 2 N–H and O–H groups in total. The molecule has 0 aliphatic heterocycles. The maximum Gasteiger partial charge on any atom is 0.327 e. The Morgan fingerprint density at radius 1 is 1.64 bits per heavy atom. The molecule has 0 bridgehead atoms. The van der Waals surface area contributed by atoms with E-state index in [9.17, 15) is 9.59 Å². The van der Waals surface area contributed by atoms with E-state index in [-0.39, 0.29) is 34.7 Å². The highest BCUT2D eigenvalue weighted by atomic mass is 32.1. The molecule has 0 unspecified atom stereocenters. The second-order valence-electron chi connectivity index (χ2n) is 1.77. The molecule has 0 rings (SSSR count). The van der Waals surface area contributed by atoms with Gasteiger partial charge in [0.15, 0.2) is 0 Å². The Labute approximate surface area is 86.3 Å². The Morgan fingerprint density at radius 2 is 2.09 bits per heavy atom. The van der Waals surface area contributed by atoms with Crippen molar-refractivity contribution in [2.45, 2.75) is 13.0 Å². The number of aliphatic carboxylic acids is 1. The molecule has 2 radical (unpaired) electrons. The number of carbonyl (C=O) groups is 2. The average molecular weight is 188 g/mol. The summed E-state index contributed by atoms with van der Waals surface area (Å²) in [6, 6.07) is -0.874. The minimum atomic E-state index is -1.06. The van der Waals surface area contributed by atoms with Crippen LogP contribution < -0.4 is 5.32 Å². The standard InChI is InChI=1S/C5H9NO3S.Mg/c1-3(7)6-4(2-10)5(8)9;/h4,10H,2H2,1H3,(H,6,7)(H,8,9);/t4-;/m0./s1. The van der Waals surface area contributed by atoms with Gasteiger partial charge in [-0.1, -0.05) is 0 Å². The Morgan fingerprint density at radius 3 is 2.18 bits per heavy atom. The van der Waals surface area contributed by atoms with Crippen molar-refractivity contribution in [1.29, 1.82) is 0 Å². The number of carbonyl (C=O) groups excluding carboxylic acids is 1. The average Bonchev–Trinajstić information content (AvgIpc) is 1.81. The highest BCUT2D eigenvalue weighted by Gasteiger charge is 2.14. The van der Waals surface area contributed by atoms with E-state index in [0.717, 1.165) is 0 Å². The zero-order valence-corrected chi connectivity index (χ0v) is 8.51. The Kier molecular flexibility index (Phi) is 8.36. The molecule has 0 fully saturated rings. The van der Waals surface area contributed by atoms with E-state index in [0.29, 0.717) is 0 Å². The number of thiol groups is 1. The molecule has 6 heteroatoms. The Bertz CT molecular complexity index is 153. The van der Waals surface area contributed by atoms with Gasteiger partial charge in [-0.15, -0.1) is 0 Å². The van der Waals surface area contributed by atoms with Gasteiger partial charge in [-0.3, -0.25) is 4.79 Å². The van der Waals surface area contributed by atoms with Crippen molar-refractivity contribution >= 4 is 47.6 Å². The number of hydrogen-bond donors (Lipinski definition) is 3. The van der Waals surface area contributed by atoms with Gasteiger partial charge in [-0.25, -0.2) is 4.79 Å². The van der Waals surface area contributed by atoms with E-state index in [1.807, 2.05) is 0 Å². The minimum Gasteiger partial charge on any atom is -0.480 e. The molecule has 4 nitrogen and oxygen atoms in total. The van der Waals surface area contributed by atoms with Gasteiger partial charge < -0.3 is 10.4 Å². The van der Waals surface area contributed by atoms with Crippen LogP contribution in [0.4, 0.5) is 0 Å². The largest absolute Gasteiger partial charge is 0.480 e. The monoisotopic (exact) mass is 187 g/mol. The predicted octanol–water partition coefficient (Wildman–Crippen LogP) is -0.875. The van der Waals surface area contributed by atoms with Crippen molar-refractivity contribution in [1.82, 2.24) is 5.32 Å². The number of amides is 1. The van der Waals surface area contributed by atoms with Gasteiger partial charge in [-0.05, 0) is 0 Å². The molecule has 0 aliphatic carbocycles. The van der Waals surface area contributed by atoms with Gasteiger partial charge in [0.05, 0.1) is 0 Å². The third-order valence-electron chi connectivity index (χ3n) is 0.858. The van der Waals surface area contributed by atoms with Crippen LogP contribution in [0.25, 0.3) is 0 Å². The number of carboxylic acid groups (broad SMARTS) is 1. The van der Waals surface area contributed by atoms with Crippen LogP contribution >= 0.6 is 12.6 Å². The summed E-state index contributed by atoms with van der Waals surface area (Å²) in [6.45, 7) is 1.26. The molecule has 0 saturated carbocycles. The van der Waals surface area contributed by atoms with Crippen LogP contribution in [0.15, 0.2) is 0 Å². The van der Waals surface area contributed by atoms with Crippen molar-refractivity contribution < 1.29 is 14.7 Å². The van der Waals surface area contributed by atoms with Gasteiger partial charge in [0.1, 0.15) is 6.04 Å². The molecular weight excluding hydrogens is 178 g/mol. The molecule has 11 heavy (non-hydrogen) atoms. The third-order valence-corrected chi connectivity index (χ3v) is 1.22. The van der Waals surface area contributed by atoms with Crippen molar-refractivity contribution in [3.05, 3.63) is 0 Å². The highest BCUT2D eigenvalue weighted by Crippen LogP contribution is 1.86. The zero-order chi connectivity index (χ0) is 8.15. The van der Waals surface area contributed by atoms with Crippen LogP contribution in [0, 0.1) is 0 Å². The normalized spacial score (nSPS) is 11.1. The topological polar surface area (TPSA) is 66.4 Å². The Balaban J connectivity index is 0. The van der Waals surface area contributed by atoms with E-state index < -0.39 is 12.0 Å². The molecule has 60 valence electrons. The molecule has 0 saturated heterocycles. The lowest BCUT2D eigenvalue weighted by atomic mass is 10.3. The lowest BCUT2D eigenvalue weighted by Gasteiger charge is -2.08. The van der Waals surface area contributed by atoms with E-state index in [2.05, 4.69) is 17.9 Å². The van der Waals surface area contributed by atoms with Crippen molar-refractivity contribution in [3.63, 3.8) is 0 Å². The summed E-state index contributed by atoms with van der Waals surface area (Å²) < 4.78 is 0. The third kappa shape index (κ3) is 6.45. The van der Waals surface area contributed by atoms with Crippen LogP contribution in [0.3, 0.4) is 0 Å². The zero-order valence-electron chi connectivity index (χ0n) is 6.20. The lowest BCUT2D eigenvalue weighted by Crippen LogP contribution is -2.40. The van der Waals surface area contributed by atoms with Crippen molar-refractivity contribution in [2.75, 3.05) is 5.75 Å². The fourth-order valence-electron chi connectivity index (χ4n) is 0.431. The summed E-state index contributed by atoms with van der Waals surface area (Å²) in [5, 5.41) is 10.6. The number of rotatable bonds is 3. The maximum absolute atomic E-state index is 10.3. The lowest BCUT2D eigenvalue weighted by molar-refractivity contribution is -0.140. The van der Waals surface area contributed by atoms with Crippen LogP contribution in [0.1, 0.15) is 6.92 Å². The van der Waals surface area contributed by atoms with Gasteiger partial charge >= 0.3 is 5.97 Å². The number of hydrogen-bond acceptors (Lipinski definition) is 3. The summed E-state index contributed by atoms with van der Waals surface area (Å²) in [4.78, 5) is 20.5. The molecule has 0 aromatic rings. The minimum absolute atomic E-state index is 0. The van der Waals surface area contributed by atoms with Gasteiger partial charge in [0.2, 0.25) is 5.91 Å².